The summed E-state index contributed by atoms with van der Waals surface area (Å²) in [4.78, 5) is 9.30. The van der Waals surface area contributed by atoms with Crippen LogP contribution in [0.15, 0.2) is 42.6 Å². The minimum absolute atomic E-state index is 1.01. The van der Waals surface area contributed by atoms with Crippen molar-refractivity contribution in [2.24, 2.45) is 0 Å². The van der Waals surface area contributed by atoms with E-state index in [0.29, 0.717) is 0 Å². The van der Waals surface area contributed by atoms with Crippen LogP contribution in [0.3, 0.4) is 0 Å². The fourth-order valence-corrected chi connectivity index (χ4v) is 2.46. The van der Waals surface area contributed by atoms with Crippen molar-refractivity contribution < 1.29 is 0 Å². The number of fused-ring (bicyclic) bond motifs is 3. The first-order chi connectivity index (χ1) is 9.38. The molecule has 0 radical (unpaired) electrons. The van der Waals surface area contributed by atoms with Crippen molar-refractivity contribution in [3.05, 3.63) is 48.3 Å². The van der Waals surface area contributed by atoms with E-state index in [1.165, 1.54) is 30.3 Å². The number of aryl methyl sites for hydroxylation is 1. The third kappa shape index (κ3) is 2.43. The number of pyridine rings is 2. The number of nitrogens with zero attached hydrogens (tertiary/aromatic N) is 2. The van der Waals surface area contributed by atoms with E-state index in [1.807, 2.05) is 12.3 Å². The number of hydrogen-bond donors (Lipinski definition) is 0. The van der Waals surface area contributed by atoms with Gasteiger partial charge in [0.05, 0.1) is 11.0 Å². The molecule has 2 aromatic heterocycles. The third-order valence-corrected chi connectivity index (χ3v) is 3.53. The fourth-order valence-electron chi connectivity index (χ4n) is 2.46. The smallest absolute Gasteiger partial charge is 0.0967 e. The molecule has 0 aliphatic carbocycles. The van der Waals surface area contributed by atoms with Crippen LogP contribution in [0, 0.1) is 0 Å². The molecule has 2 heterocycles. The van der Waals surface area contributed by atoms with Gasteiger partial charge in [0.1, 0.15) is 0 Å². The summed E-state index contributed by atoms with van der Waals surface area (Å²) in [5.41, 5.74) is 3.23. The van der Waals surface area contributed by atoms with E-state index >= 15 is 0 Å². The second-order valence-corrected chi connectivity index (χ2v) is 4.97. The minimum Gasteiger partial charge on any atom is -0.254 e. The highest BCUT2D eigenvalue weighted by Gasteiger charge is 2.04. The van der Waals surface area contributed by atoms with Crippen LogP contribution in [0.1, 0.15) is 31.9 Å². The minimum atomic E-state index is 1.01. The van der Waals surface area contributed by atoms with Crippen LogP contribution < -0.4 is 0 Å². The quantitative estimate of drug-likeness (QED) is 0.502. The summed E-state index contributed by atoms with van der Waals surface area (Å²) in [5.74, 6) is 0. The normalized spacial score (nSPS) is 11.2. The summed E-state index contributed by atoms with van der Waals surface area (Å²) in [5, 5.41) is 2.33. The molecule has 2 nitrogen and oxygen atoms in total. The molecule has 2 heteroatoms. The SMILES string of the molecule is CCCCCc1ccc2ccc3cccnc3c2n1. The Morgan fingerprint density at radius 3 is 2.53 bits per heavy atom. The van der Waals surface area contributed by atoms with Crippen molar-refractivity contribution in [1.82, 2.24) is 9.97 Å². The molecule has 0 saturated carbocycles. The van der Waals surface area contributed by atoms with Gasteiger partial charge in [-0.15, -0.1) is 0 Å². The maximum atomic E-state index is 4.81. The van der Waals surface area contributed by atoms with Crippen molar-refractivity contribution in [2.45, 2.75) is 32.6 Å². The predicted molar refractivity (Wildman–Crippen MR) is 80.3 cm³/mol. The zero-order valence-corrected chi connectivity index (χ0v) is 11.3. The van der Waals surface area contributed by atoms with Gasteiger partial charge >= 0.3 is 0 Å². The van der Waals surface area contributed by atoms with Crippen molar-refractivity contribution in [3.63, 3.8) is 0 Å². The fraction of sp³-hybridized carbons (Fsp3) is 0.294. The molecule has 0 aliphatic rings. The Hall–Kier alpha value is -1.96. The summed E-state index contributed by atoms with van der Waals surface area (Å²) >= 11 is 0. The summed E-state index contributed by atoms with van der Waals surface area (Å²) in [6, 6.07) is 12.6. The molecule has 0 N–H and O–H groups in total. The van der Waals surface area contributed by atoms with Crippen LogP contribution in [0.4, 0.5) is 0 Å². The molecule has 3 aromatic rings. The Kier molecular flexibility index (Phi) is 3.41. The molecule has 0 unspecified atom stereocenters. The summed E-state index contributed by atoms with van der Waals surface area (Å²) < 4.78 is 0. The summed E-state index contributed by atoms with van der Waals surface area (Å²) in [6.45, 7) is 2.23. The van der Waals surface area contributed by atoms with Gasteiger partial charge in [0.25, 0.3) is 0 Å². The molecule has 1 aromatic carbocycles. The molecule has 19 heavy (non-hydrogen) atoms. The monoisotopic (exact) mass is 250 g/mol. The van der Waals surface area contributed by atoms with Crippen molar-refractivity contribution in [1.29, 1.82) is 0 Å². The molecule has 3 rings (SSSR count). The van der Waals surface area contributed by atoms with Gasteiger partial charge in [0.15, 0.2) is 0 Å². The lowest BCUT2D eigenvalue weighted by Gasteiger charge is -2.05. The second-order valence-electron chi connectivity index (χ2n) is 4.97. The second kappa shape index (κ2) is 5.35. The molecule has 0 amide bonds. The van der Waals surface area contributed by atoms with Gasteiger partial charge in [-0.05, 0) is 25.0 Å². The highest BCUT2D eigenvalue weighted by atomic mass is 14.7. The number of rotatable bonds is 4. The van der Waals surface area contributed by atoms with Gasteiger partial charge in [-0.1, -0.05) is 44.0 Å². The van der Waals surface area contributed by atoms with Crippen molar-refractivity contribution >= 4 is 21.8 Å². The number of benzene rings is 1. The van der Waals surface area contributed by atoms with Gasteiger partial charge in [-0.25, -0.2) is 0 Å². The first-order valence-electron chi connectivity index (χ1n) is 7.02. The molecule has 0 fully saturated rings. The molecule has 0 spiro atoms. The van der Waals surface area contributed by atoms with E-state index in [4.69, 9.17) is 4.98 Å². The molecular formula is C17H18N2. The van der Waals surface area contributed by atoms with Crippen molar-refractivity contribution in [2.75, 3.05) is 0 Å². The molecule has 96 valence electrons. The average Bonchev–Trinajstić information content (AvgIpc) is 2.47. The van der Waals surface area contributed by atoms with E-state index in [9.17, 15) is 0 Å². The summed E-state index contributed by atoms with van der Waals surface area (Å²) in [6.07, 6.45) is 6.64. The zero-order valence-electron chi connectivity index (χ0n) is 11.3. The number of aromatic nitrogens is 2. The number of hydrogen-bond acceptors (Lipinski definition) is 2. The Morgan fingerprint density at radius 1 is 0.895 bits per heavy atom. The zero-order chi connectivity index (χ0) is 13.1. The first kappa shape index (κ1) is 12.1. The first-order valence-corrected chi connectivity index (χ1v) is 7.02. The lowest BCUT2D eigenvalue weighted by Crippen LogP contribution is -1.92. The Balaban J connectivity index is 2.07. The van der Waals surface area contributed by atoms with Crippen LogP contribution in [0.25, 0.3) is 21.8 Å². The summed E-state index contributed by atoms with van der Waals surface area (Å²) in [7, 11) is 0. The predicted octanol–water partition coefficient (Wildman–Crippen LogP) is 4.52. The van der Waals surface area contributed by atoms with Gasteiger partial charge in [0.2, 0.25) is 0 Å². The molecule has 0 aliphatic heterocycles. The van der Waals surface area contributed by atoms with Gasteiger partial charge in [0, 0.05) is 22.7 Å². The Bertz CT molecular complexity index is 704. The number of unbranched alkanes of at least 4 members (excludes halogenated alkanes) is 2. The highest BCUT2D eigenvalue weighted by molar-refractivity contribution is 6.02. The Labute approximate surface area is 113 Å². The van der Waals surface area contributed by atoms with Gasteiger partial charge in [-0.2, -0.15) is 0 Å². The van der Waals surface area contributed by atoms with Crippen LogP contribution in [0.2, 0.25) is 0 Å². The maximum Gasteiger partial charge on any atom is 0.0967 e. The molecule has 0 saturated heterocycles. The van der Waals surface area contributed by atoms with Crippen LogP contribution >= 0.6 is 0 Å². The average molecular weight is 250 g/mol. The maximum absolute atomic E-state index is 4.81. The Morgan fingerprint density at radius 2 is 1.68 bits per heavy atom. The van der Waals surface area contributed by atoms with E-state index < -0.39 is 0 Å². The van der Waals surface area contributed by atoms with E-state index in [-0.39, 0.29) is 0 Å². The van der Waals surface area contributed by atoms with Gasteiger partial charge < -0.3 is 0 Å². The van der Waals surface area contributed by atoms with Crippen LogP contribution in [-0.2, 0) is 6.42 Å². The third-order valence-electron chi connectivity index (χ3n) is 3.53. The molecule has 0 bridgehead atoms. The van der Waals surface area contributed by atoms with E-state index in [1.54, 1.807) is 0 Å². The lowest BCUT2D eigenvalue weighted by molar-refractivity contribution is 0.709. The van der Waals surface area contributed by atoms with Gasteiger partial charge in [-0.3, -0.25) is 9.97 Å². The van der Waals surface area contributed by atoms with Crippen molar-refractivity contribution in [3.8, 4) is 0 Å². The lowest BCUT2D eigenvalue weighted by atomic mass is 10.1. The molecular weight excluding hydrogens is 232 g/mol. The highest BCUT2D eigenvalue weighted by Crippen LogP contribution is 2.22. The standard InChI is InChI=1S/C17H18N2/c1-2-3-4-7-15-11-10-14-9-8-13-6-5-12-18-16(13)17(14)19-15/h5-6,8-12H,2-4,7H2,1H3. The van der Waals surface area contributed by atoms with E-state index in [0.717, 1.165) is 22.8 Å². The van der Waals surface area contributed by atoms with E-state index in [2.05, 4.69) is 42.2 Å². The van der Waals surface area contributed by atoms with Crippen LogP contribution in [0.5, 0.6) is 0 Å². The molecule has 0 atom stereocenters. The topological polar surface area (TPSA) is 25.8 Å². The largest absolute Gasteiger partial charge is 0.254 e. The van der Waals surface area contributed by atoms with Crippen LogP contribution in [-0.4, -0.2) is 9.97 Å².